The van der Waals surface area contributed by atoms with E-state index in [1.165, 1.54) is 4.31 Å². The van der Waals surface area contributed by atoms with Crippen molar-refractivity contribution in [3.8, 4) is 0 Å². The van der Waals surface area contributed by atoms with Crippen LogP contribution in [0.1, 0.15) is 50.3 Å². The SMILES string of the molecule is Cc1ccccc1CN(C(=O)CCCN(c1cccc(Cl)c1C)S(C)(=O)=O)[C@@H](C)C(=O)NCC(C)C. The fraction of sp³-hybridized carbons (Fsp3) is 0.481. The van der Waals surface area contributed by atoms with Crippen LogP contribution >= 0.6 is 11.6 Å². The van der Waals surface area contributed by atoms with Crippen LogP contribution < -0.4 is 9.62 Å². The summed E-state index contributed by atoms with van der Waals surface area (Å²) in [4.78, 5) is 27.8. The molecule has 1 atom stereocenters. The second kappa shape index (κ2) is 13.1. The van der Waals surface area contributed by atoms with Gasteiger partial charge in [-0.1, -0.05) is 55.8 Å². The van der Waals surface area contributed by atoms with Crippen LogP contribution in [0.3, 0.4) is 0 Å². The Kier molecular flexibility index (Phi) is 10.8. The Morgan fingerprint density at radius 3 is 2.31 bits per heavy atom. The van der Waals surface area contributed by atoms with E-state index in [-0.39, 0.29) is 24.8 Å². The molecule has 2 aromatic carbocycles. The third-order valence-corrected chi connectivity index (χ3v) is 7.70. The summed E-state index contributed by atoms with van der Waals surface area (Å²) in [5, 5.41) is 3.39. The number of halogens is 1. The largest absolute Gasteiger partial charge is 0.354 e. The molecule has 0 fully saturated rings. The summed E-state index contributed by atoms with van der Waals surface area (Å²) < 4.78 is 26.4. The Bertz CT molecular complexity index is 1170. The molecular weight excluding hydrogens is 498 g/mol. The molecule has 0 unspecified atom stereocenters. The van der Waals surface area contributed by atoms with E-state index in [2.05, 4.69) is 5.32 Å². The zero-order chi connectivity index (χ0) is 27.0. The molecule has 36 heavy (non-hydrogen) atoms. The van der Waals surface area contributed by atoms with E-state index in [0.29, 0.717) is 41.7 Å². The van der Waals surface area contributed by atoms with E-state index in [4.69, 9.17) is 11.6 Å². The van der Waals surface area contributed by atoms with Crippen LogP contribution in [0.25, 0.3) is 0 Å². The number of hydrogen-bond donors (Lipinski definition) is 1. The fourth-order valence-electron chi connectivity index (χ4n) is 3.85. The molecule has 198 valence electrons. The van der Waals surface area contributed by atoms with Crippen LogP contribution in [0.15, 0.2) is 42.5 Å². The first-order chi connectivity index (χ1) is 16.8. The van der Waals surface area contributed by atoms with Crippen LogP contribution in [-0.2, 0) is 26.2 Å². The van der Waals surface area contributed by atoms with E-state index in [9.17, 15) is 18.0 Å². The van der Waals surface area contributed by atoms with Crippen LogP contribution in [-0.4, -0.2) is 50.5 Å². The van der Waals surface area contributed by atoms with E-state index in [1.54, 1.807) is 36.9 Å². The number of rotatable bonds is 12. The highest BCUT2D eigenvalue weighted by Crippen LogP contribution is 2.28. The first-order valence-corrected chi connectivity index (χ1v) is 14.4. The fourth-order valence-corrected chi connectivity index (χ4v) is 5.04. The standard InChI is InChI=1S/C27H38ClN3O4S/c1-19(2)17-29-27(33)22(5)30(18-23-12-8-7-11-20(23)3)26(32)15-10-16-31(36(6,34)35)25-14-9-13-24(28)21(25)4/h7-9,11-14,19,22H,10,15-18H2,1-6H3,(H,29,33)/t22-/m0/s1. The van der Waals surface area contributed by atoms with Crippen molar-refractivity contribution in [2.75, 3.05) is 23.7 Å². The molecule has 0 radical (unpaired) electrons. The van der Waals surface area contributed by atoms with Gasteiger partial charge in [0.15, 0.2) is 0 Å². The number of nitrogens with zero attached hydrogens (tertiary/aromatic N) is 2. The topological polar surface area (TPSA) is 86.8 Å². The van der Waals surface area contributed by atoms with Gasteiger partial charge in [-0.2, -0.15) is 0 Å². The molecule has 1 N–H and O–H groups in total. The van der Waals surface area contributed by atoms with Crippen LogP contribution in [0.5, 0.6) is 0 Å². The van der Waals surface area contributed by atoms with E-state index < -0.39 is 16.1 Å². The van der Waals surface area contributed by atoms with Gasteiger partial charge in [0, 0.05) is 31.1 Å². The first kappa shape index (κ1) is 29.6. The number of anilines is 1. The molecule has 2 amide bonds. The summed E-state index contributed by atoms with van der Waals surface area (Å²) in [5.74, 6) is -0.127. The second-order valence-corrected chi connectivity index (χ2v) is 11.9. The monoisotopic (exact) mass is 535 g/mol. The molecule has 0 heterocycles. The van der Waals surface area contributed by atoms with Crippen molar-refractivity contribution in [2.45, 2.75) is 60.0 Å². The maximum absolute atomic E-state index is 13.4. The zero-order valence-electron chi connectivity index (χ0n) is 22.0. The third-order valence-electron chi connectivity index (χ3n) is 6.11. The Labute approximate surface area is 220 Å². The summed E-state index contributed by atoms with van der Waals surface area (Å²) in [7, 11) is -3.59. The van der Waals surface area contributed by atoms with Crippen molar-refractivity contribution in [2.24, 2.45) is 5.92 Å². The molecule has 7 nitrogen and oxygen atoms in total. The van der Waals surface area contributed by atoms with Crippen molar-refractivity contribution in [1.82, 2.24) is 10.2 Å². The number of benzene rings is 2. The molecule has 9 heteroatoms. The summed E-state index contributed by atoms with van der Waals surface area (Å²) in [6.45, 7) is 10.4. The van der Waals surface area contributed by atoms with E-state index >= 15 is 0 Å². The molecule has 2 aromatic rings. The molecule has 0 aliphatic heterocycles. The van der Waals surface area contributed by atoms with Gasteiger partial charge in [-0.3, -0.25) is 13.9 Å². The highest BCUT2D eigenvalue weighted by molar-refractivity contribution is 7.92. The van der Waals surface area contributed by atoms with Gasteiger partial charge in [0.05, 0.1) is 11.9 Å². The van der Waals surface area contributed by atoms with Crippen molar-refractivity contribution < 1.29 is 18.0 Å². The Hall–Kier alpha value is -2.58. The van der Waals surface area contributed by atoms with Crippen molar-refractivity contribution in [1.29, 1.82) is 0 Å². The van der Waals surface area contributed by atoms with Crippen LogP contribution in [0, 0.1) is 19.8 Å². The summed E-state index contributed by atoms with van der Waals surface area (Å²) in [6.07, 6.45) is 1.53. The van der Waals surface area contributed by atoms with Gasteiger partial charge in [-0.25, -0.2) is 8.42 Å². The van der Waals surface area contributed by atoms with E-state index in [1.807, 2.05) is 45.0 Å². The van der Waals surface area contributed by atoms with Crippen LogP contribution in [0.4, 0.5) is 5.69 Å². The van der Waals surface area contributed by atoms with Gasteiger partial charge in [-0.15, -0.1) is 0 Å². The average Bonchev–Trinajstić information content (AvgIpc) is 2.80. The molecule has 0 aromatic heterocycles. The maximum atomic E-state index is 13.4. The van der Waals surface area contributed by atoms with Gasteiger partial charge in [-0.05, 0) is 61.9 Å². The minimum Gasteiger partial charge on any atom is -0.354 e. The molecule has 0 bridgehead atoms. The summed E-state index contributed by atoms with van der Waals surface area (Å²) in [6, 6.07) is 12.2. The normalized spacial score (nSPS) is 12.3. The Morgan fingerprint density at radius 1 is 1.03 bits per heavy atom. The number of carbonyl (C=O) groups excluding carboxylic acids is 2. The number of aryl methyl sites for hydroxylation is 1. The lowest BCUT2D eigenvalue weighted by molar-refractivity contribution is -0.140. The zero-order valence-corrected chi connectivity index (χ0v) is 23.6. The molecule has 0 aliphatic carbocycles. The number of amides is 2. The van der Waals surface area contributed by atoms with Gasteiger partial charge in [0.25, 0.3) is 0 Å². The number of nitrogens with one attached hydrogen (secondary N) is 1. The number of carbonyl (C=O) groups is 2. The third kappa shape index (κ3) is 8.23. The van der Waals surface area contributed by atoms with Crippen molar-refractivity contribution in [3.05, 3.63) is 64.2 Å². The molecule has 0 spiro atoms. The summed E-state index contributed by atoms with van der Waals surface area (Å²) >= 11 is 6.21. The summed E-state index contributed by atoms with van der Waals surface area (Å²) in [5.41, 5.74) is 3.15. The maximum Gasteiger partial charge on any atom is 0.242 e. The van der Waals surface area contributed by atoms with Gasteiger partial charge in [0.1, 0.15) is 6.04 Å². The minimum atomic E-state index is -3.59. The highest BCUT2D eigenvalue weighted by atomic mass is 35.5. The average molecular weight is 536 g/mol. The van der Waals surface area contributed by atoms with Gasteiger partial charge in [0.2, 0.25) is 21.8 Å². The van der Waals surface area contributed by atoms with Crippen molar-refractivity contribution in [3.63, 3.8) is 0 Å². The molecule has 2 rings (SSSR count). The lowest BCUT2D eigenvalue weighted by atomic mass is 10.1. The Morgan fingerprint density at radius 2 is 1.69 bits per heavy atom. The minimum absolute atomic E-state index is 0.0965. The lowest BCUT2D eigenvalue weighted by Crippen LogP contribution is -2.48. The van der Waals surface area contributed by atoms with E-state index in [0.717, 1.165) is 17.4 Å². The second-order valence-electron chi connectivity index (χ2n) is 9.59. The molecule has 0 saturated carbocycles. The van der Waals surface area contributed by atoms with Crippen LogP contribution in [0.2, 0.25) is 5.02 Å². The number of hydrogen-bond acceptors (Lipinski definition) is 4. The number of sulfonamides is 1. The van der Waals surface area contributed by atoms with Gasteiger partial charge >= 0.3 is 0 Å². The first-order valence-electron chi connectivity index (χ1n) is 12.2. The molecule has 0 aliphatic rings. The molecule has 0 saturated heterocycles. The highest BCUT2D eigenvalue weighted by Gasteiger charge is 2.27. The predicted octanol–water partition coefficient (Wildman–Crippen LogP) is 4.69. The predicted molar refractivity (Wildman–Crippen MR) is 147 cm³/mol. The lowest BCUT2D eigenvalue weighted by Gasteiger charge is -2.30. The van der Waals surface area contributed by atoms with Gasteiger partial charge < -0.3 is 10.2 Å². The molecular formula is C27H38ClN3O4S. The smallest absolute Gasteiger partial charge is 0.242 e. The Balaban J connectivity index is 2.21. The van der Waals surface area contributed by atoms with Crippen molar-refractivity contribution >= 4 is 39.1 Å². The quantitative estimate of drug-likeness (QED) is 0.427.